The number of H-pyrrole nitrogens is 2. The zero-order chi connectivity index (χ0) is 18.8. The highest BCUT2D eigenvalue weighted by Gasteiger charge is 2.17. The Bertz CT molecular complexity index is 1110. The van der Waals surface area contributed by atoms with Crippen LogP contribution >= 0.6 is 11.8 Å². The fourth-order valence-corrected chi connectivity index (χ4v) is 3.78. The van der Waals surface area contributed by atoms with Crippen molar-refractivity contribution < 1.29 is 9.18 Å². The maximum absolute atomic E-state index is 13.4. The predicted molar refractivity (Wildman–Crippen MR) is 102 cm³/mol. The van der Waals surface area contributed by atoms with Crippen molar-refractivity contribution in [2.24, 2.45) is 0 Å². The van der Waals surface area contributed by atoms with Gasteiger partial charge in [-0.15, -0.1) is 0 Å². The predicted octanol–water partition coefficient (Wildman–Crippen LogP) is 2.81. The van der Waals surface area contributed by atoms with Gasteiger partial charge in [0.2, 0.25) is 5.91 Å². The highest BCUT2D eigenvalue weighted by Crippen LogP contribution is 2.26. The van der Waals surface area contributed by atoms with Gasteiger partial charge < -0.3 is 15.3 Å². The Morgan fingerprint density at radius 3 is 3.07 bits per heavy atom. The Hall–Kier alpha value is -2.94. The first-order valence-corrected chi connectivity index (χ1v) is 9.34. The van der Waals surface area contributed by atoms with Crippen molar-refractivity contribution in [3.8, 4) is 0 Å². The second-order valence-corrected chi connectivity index (χ2v) is 7.41. The Morgan fingerprint density at radius 1 is 1.30 bits per heavy atom. The van der Waals surface area contributed by atoms with Gasteiger partial charge in [-0.1, -0.05) is 11.8 Å². The molecule has 0 radical (unpaired) electrons. The van der Waals surface area contributed by atoms with E-state index in [4.69, 9.17) is 0 Å². The molecule has 1 amide bonds. The van der Waals surface area contributed by atoms with Crippen molar-refractivity contribution in [2.45, 2.75) is 23.6 Å². The molecular formula is C18H17FN6OS. The van der Waals surface area contributed by atoms with Gasteiger partial charge in [0.05, 0.1) is 11.6 Å². The number of rotatable bonds is 6. The minimum Gasteiger partial charge on any atom is -0.361 e. The van der Waals surface area contributed by atoms with E-state index in [9.17, 15) is 9.18 Å². The van der Waals surface area contributed by atoms with Crippen molar-refractivity contribution in [3.63, 3.8) is 0 Å². The van der Waals surface area contributed by atoms with Crippen molar-refractivity contribution in [2.75, 3.05) is 6.54 Å². The third-order valence-corrected chi connectivity index (χ3v) is 5.37. The minimum atomic E-state index is -0.327. The molecule has 4 aromatic rings. The van der Waals surface area contributed by atoms with Gasteiger partial charge in [-0.3, -0.25) is 4.79 Å². The molecule has 4 rings (SSSR count). The average molecular weight is 384 g/mol. The summed E-state index contributed by atoms with van der Waals surface area (Å²) in [6.07, 6.45) is 5.46. The molecule has 9 heteroatoms. The van der Waals surface area contributed by atoms with Crippen LogP contribution in [0.2, 0.25) is 0 Å². The molecule has 1 aromatic carbocycles. The number of fused-ring (bicyclic) bond motifs is 2. The molecule has 7 nitrogen and oxygen atoms in total. The number of hydrogen-bond donors (Lipinski definition) is 3. The topological polar surface area (TPSA) is 99.3 Å². The SMILES string of the molecule is CC(Sc1ncnc2nc[nH]c12)C(=O)NCCc1c[nH]c2ccc(F)cc12. The highest BCUT2D eigenvalue weighted by molar-refractivity contribution is 8.00. The van der Waals surface area contributed by atoms with E-state index < -0.39 is 0 Å². The lowest BCUT2D eigenvalue weighted by Crippen LogP contribution is -2.32. The van der Waals surface area contributed by atoms with Crippen LogP contribution in [0.4, 0.5) is 4.39 Å². The largest absolute Gasteiger partial charge is 0.361 e. The molecule has 138 valence electrons. The number of halogens is 1. The van der Waals surface area contributed by atoms with E-state index in [2.05, 4.69) is 30.2 Å². The number of carbonyl (C=O) groups is 1. The van der Waals surface area contributed by atoms with E-state index in [0.717, 1.165) is 22.0 Å². The lowest BCUT2D eigenvalue weighted by atomic mass is 10.1. The molecule has 0 fully saturated rings. The van der Waals surface area contributed by atoms with Gasteiger partial charge >= 0.3 is 0 Å². The van der Waals surface area contributed by atoms with Crippen LogP contribution in [0.3, 0.4) is 0 Å². The van der Waals surface area contributed by atoms with Gasteiger partial charge in [0.15, 0.2) is 5.65 Å². The maximum atomic E-state index is 13.4. The summed E-state index contributed by atoms with van der Waals surface area (Å²) in [4.78, 5) is 30.9. The molecule has 1 unspecified atom stereocenters. The van der Waals surface area contributed by atoms with Crippen LogP contribution in [-0.4, -0.2) is 42.6 Å². The average Bonchev–Trinajstić information content (AvgIpc) is 3.29. The summed E-state index contributed by atoms with van der Waals surface area (Å²) >= 11 is 1.35. The molecule has 0 spiro atoms. The Kier molecular flexibility index (Phi) is 4.76. The van der Waals surface area contributed by atoms with Gasteiger partial charge in [0.1, 0.15) is 22.7 Å². The summed E-state index contributed by atoms with van der Waals surface area (Å²) in [5.74, 6) is -0.357. The monoisotopic (exact) mass is 384 g/mol. The van der Waals surface area contributed by atoms with E-state index in [-0.39, 0.29) is 17.0 Å². The third kappa shape index (κ3) is 3.63. The van der Waals surface area contributed by atoms with Gasteiger partial charge in [-0.2, -0.15) is 0 Å². The zero-order valence-corrected chi connectivity index (χ0v) is 15.3. The Balaban J connectivity index is 1.36. The molecular weight excluding hydrogens is 367 g/mol. The molecule has 0 bridgehead atoms. The summed E-state index contributed by atoms with van der Waals surface area (Å²) in [5, 5.41) is 4.13. The fraction of sp³-hybridized carbons (Fsp3) is 0.222. The quantitative estimate of drug-likeness (QED) is 0.351. The standard InChI is InChI=1S/C18H17FN6OS/c1-10(27-18-15-16(23-8-22-15)24-9-25-18)17(26)20-5-4-11-7-21-14-3-2-12(19)6-13(11)14/h2-3,6-10,21H,4-5H2,1H3,(H,20,26)(H,22,23,24,25). The molecule has 0 aliphatic carbocycles. The summed E-state index contributed by atoms with van der Waals surface area (Å²) < 4.78 is 13.4. The number of carbonyl (C=O) groups excluding carboxylic acids is 1. The Morgan fingerprint density at radius 2 is 2.19 bits per heavy atom. The normalized spacial score (nSPS) is 12.5. The van der Waals surface area contributed by atoms with Crippen LogP contribution in [0.25, 0.3) is 22.1 Å². The van der Waals surface area contributed by atoms with Gasteiger partial charge in [-0.25, -0.2) is 19.3 Å². The summed E-state index contributed by atoms with van der Waals surface area (Å²) in [7, 11) is 0. The van der Waals surface area contributed by atoms with Crippen LogP contribution in [0.15, 0.2) is 42.1 Å². The second-order valence-electron chi connectivity index (χ2n) is 6.08. The van der Waals surface area contributed by atoms with Crippen molar-refractivity contribution >= 4 is 39.7 Å². The molecule has 3 N–H and O–H groups in total. The van der Waals surface area contributed by atoms with E-state index in [1.807, 2.05) is 13.1 Å². The number of aromatic nitrogens is 5. The number of nitrogens with one attached hydrogen (secondary N) is 3. The zero-order valence-electron chi connectivity index (χ0n) is 14.5. The number of hydrogen-bond acceptors (Lipinski definition) is 5. The van der Waals surface area contributed by atoms with E-state index in [1.165, 1.54) is 30.2 Å². The fourth-order valence-electron chi connectivity index (χ4n) is 2.87. The van der Waals surface area contributed by atoms with E-state index in [1.54, 1.807) is 12.4 Å². The molecule has 0 aliphatic heterocycles. The first-order chi connectivity index (χ1) is 13.1. The van der Waals surface area contributed by atoms with Gasteiger partial charge in [0.25, 0.3) is 0 Å². The summed E-state index contributed by atoms with van der Waals surface area (Å²) in [6.45, 7) is 2.29. The van der Waals surface area contributed by atoms with Crippen LogP contribution < -0.4 is 5.32 Å². The van der Waals surface area contributed by atoms with E-state index >= 15 is 0 Å². The molecule has 3 heterocycles. The van der Waals surface area contributed by atoms with Crippen LogP contribution in [0.1, 0.15) is 12.5 Å². The van der Waals surface area contributed by atoms with Crippen LogP contribution in [0, 0.1) is 5.82 Å². The summed E-state index contributed by atoms with van der Waals surface area (Å²) in [5.41, 5.74) is 3.16. The molecule has 0 saturated heterocycles. The molecule has 0 saturated carbocycles. The van der Waals surface area contributed by atoms with Gasteiger partial charge in [0, 0.05) is 23.6 Å². The number of thioether (sulfide) groups is 1. The second kappa shape index (κ2) is 7.36. The van der Waals surface area contributed by atoms with Crippen molar-refractivity contribution in [1.82, 2.24) is 30.2 Å². The first kappa shape index (κ1) is 17.5. The minimum absolute atomic E-state index is 0.0858. The van der Waals surface area contributed by atoms with Crippen molar-refractivity contribution in [3.05, 3.63) is 48.4 Å². The van der Waals surface area contributed by atoms with Crippen LogP contribution in [-0.2, 0) is 11.2 Å². The number of aromatic amines is 2. The first-order valence-electron chi connectivity index (χ1n) is 8.46. The highest BCUT2D eigenvalue weighted by atomic mass is 32.2. The Labute approximate surface area is 158 Å². The number of benzene rings is 1. The van der Waals surface area contributed by atoms with E-state index in [0.29, 0.717) is 23.6 Å². The number of imidazole rings is 1. The van der Waals surface area contributed by atoms with Crippen LogP contribution in [0.5, 0.6) is 0 Å². The lowest BCUT2D eigenvalue weighted by molar-refractivity contribution is -0.120. The molecule has 1 atom stereocenters. The van der Waals surface area contributed by atoms with Crippen molar-refractivity contribution in [1.29, 1.82) is 0 Å². The number of nitrogens with zero attached hydrogens (tertiary/aromatic N) is 3. The maximum Gasteiger partial charge on any atom is 0.233 e. The molecule has 27 heavy (non-hydrogen) atoms. The smallest absolute Gasteiger partial charge is 0.233 e. The summed E-state index contributed by atoms with van der Waals surface area (Å²) in [6, 6.07) is 4.64. The lowest BCUT2D eigenvalue weighted by Gasteiger charge is -2.11. The number of amides is 1. The van der Waals surface area contributed by atoms with Gasteiger partial charge in [-0.05, 0) is 37.1 Å². The molecule has 0 aliphatic rings. The third-order valence-electron chi connectivity index (χ3n) is 4.27. The molecule has 3 aromatic heterocycles.